The van der Waals surface area contributed by atoms with E-state index in [2.05, 4.69) is 21.2 Å². The van der Waals surface area contributed by atoms with Crippen LogP contribution in [0.15, 0.2) is 46.9 Å². The largest absolute Gasteiger partial charge is 0.325 e. The van der Waals surface area contributed by atoms with Crippen LogP contribution in [0.25, 0.3) is 0 Å². The zero-order valence-corrected chi connectivity index (χ0v) is 18.5. The molecule has 1 heterocycles. The average Bonchev–Trinajstić information content (AvgIpc) is 2.66. The average molecular weight is 465 g/mol. The van der Waals surface area contributed by atoms with Gasteiger partial charge in [0.05, 0.1) is 5.75 Å². The maximum atomic E-state index is 12.7. The molecule has 0 aliphatic carbocycles. The van der Waals surface area contributed by atoms with Gasteiger partial charge in [0.25, 0.3) is 0 Å². The van der Waals surface area contributed by atoms with Gasteiger partial charge in [-0.15, -0.1) is 0 Å². The van der Waals surface area contributed by atoms with Crippen molar-refractivity contribution in [3.05, 3.63) is 63.6 Å². The maximum absolute atomic E-state index is 12.7. The number of hydrogen-bond acceptors (Lipinski definition) is 3. The SMILES string of the molecule is Cc1cccc(C)c1NC(=O)C1CCN(S(=O)(=O)Cc2ccc(Br)cc2)CC1. The Labute approximate surface area is 175 Å². The summed E-state index contributed by atoms with van der Waals surface area (Å²) >= 11 is 3.36. The van der Waals surface area contributed by atoms with Crippen LogP contribution in [0.5, 0.6) is 0 Å². The number of nitrogens with one attached hydrogen (secondary N) is 1. The van der Waals surface area contributed by atoms with Crippen molar-refractivity contribution in [1.29, 1.82) is 0 Å². The van der Waals surface area contributed by atoms with Crippen LogP contribution >= 0.6 is 15.9 Å². The Kier molecular flexibility index (Phi) is 6.58. The summed E-state index contributed by atoms with van der Waals surface area (Å²) in [4.78, 5) is 12.7. The molecule has 0 bridgehead atoms. The van der Waals surface area contributed by atoms with E-state index in [0.717, 1.165) is 26.9 Å². The van der Waals surface area contributed by atoms with Crippen LogP contribution in [0, 0.1) is 19.8 Å². The van der Waals surface area contributed by atoms with Crippen molar-refractivity contribution in [3.63, 3.8) is 0 Å². The molecule has 1 saturated heterocycles. The predicted octanol–water partition coefficient (Wildman–Crippen LogP) is 4.25. The van der Waals surface area contributed by atoms with Gasteiger partial charge in [-0.05, 0) is 55.5 Å². The molecule has 0 atom stereocenters. The molecule has 1 amide bonds. The van der Waals surface area contributed by atoms with Crippen LogP contribution in [0.4, 0.5) is 5.69 Å². The van der Waals surface area contributed by atoms with Gasteiger partial charge < -0.3 is 5.32 Å². The predicted molar refractivity (Wildman–Crippen MR) is 116 cm³/mol. The molecule has 28 heavy (non-hydrogen) atoms. The molecule has 150 valence electrons. The van der Waals surface area contributed by atoms with Crippen LogP contribution in [-0.4, -0.2) is 31.7 Å². The summed E-state index contributed by atoms with van der Waals surface area (Å²) in [6, 6.07) is 13.2. The van der Waals surface area contributed by atoms with Crippen molar-refractivity contribution in [2.45, 2.75) is 32.4 Å². The highest BCUT2D eigenvalue weighted by Gasteiger charge is 2.31. The number of anilines is 1. The first-order valence-electron chi connectivity index (χ1n) is 9.35. The second-order valence-corrected chi connectivity index (χ2v) is 10.2. The number of carbonyl (C=O) groups excluding carboxylic acids is 1. The van der Waals surface area contributed by atoms with E-state index in [4.69, 9.17) is 0 Å². The fourth-order valence-corrected chi connectivity index (χ4v) is 5.34. The zero-order valence-electron chi connectivity index (χ0n) is 16.1. The third kappa shape index (κ3) is 5.01. The van der Waals surface area contributed by atoms with Gasteiger partial charge in [0, 0.05) is 29.2 Å². The highest BCUT2D eigenvalue weighted by Crippen LogP contribution is 2.25. The molecule has 0 spiro atoms. The number of benzene rings is 2. The highest BCUT2D eigenvalue weighted by atomic mass is 79.9. The molecule has 1 N–H and O–H groups in total. The lowest BCUT2D eigenvalue weighted by Crippen LogP contribution is -2.42. The monoisotopic (exact) mass is 464 g/mol. The van der Waals surface area contributed by atoms with Gasteiger partial charge in [0.15, 0.2) is 0 Å². The molecule has 5 nitrogen and oxygen atoms in total. The van der Waals surface area contributed by atoms with Crippen LogP contribution in [0.1, 0.15) is 29.5 Å². The van der Waals surface area contributed by atoms with Gasteiger partial charge >= 0.3 is 0 Å². The summed E-state index contributed by atoms with van der Waals surface area (Å²) in [6.07, 6.45) is 1.08. The number of hydrogen-bond donors (Lipinski definition) is 1. The molecule has 3 rings (SSSR count). The van der Waals surface area contributed by atoms with E-state index in [1.807, 2.05) is 56.3 Å². The number of aryl methyl sites for hydroxylation is 2. The smallest absolute Gasteiger partial charge is 0.227 e. The second-order valence-electron chi connectivity index (χ2n) is 7.31. The van der Waals surface area contributed by atoms with Gasteiger partial charge in [0.2, 0.25) is 15.9 Å². The Morgan fingerprint density at radius 1 is 1.07 bits per heavy atom. The molecule has 2 aromatic carbocycles. The number of rotatable bonds is 5. The van der Waals surface area contributed by atoms with E-state index in [1.165, 1.54) is 4.31 Å². The number of halogens is 1. The Balaban J connectivity index is 1.59. The molecule has 0 radical (unpaired) electrons. The van der Waals surface area contributed by atoms with Crippen molar-refractivity contribution in [2.24, 2.45) is 5.92 Å². The van der Waals surface area contributed by atoms with Gasteiger partial charge in [-0.3, -0.25) is 4.79 Å². The fourth-order valence-electron chi connectivity index (χ4n) is 3.52. The first kappa shape index (κ1) is 21.0. The standard InChI is InChI=1S/C21H25BrN2O3S/c1-15-4-3-5-16(2)20(15)23-21(25)18-10-12-24(13-11-18)28(26,27)14-17-6-8-19(22)9-7-17/h3-9,18H,10-14H2,1-2H3,(H,23,25). The van der Waals surface area contributed by atoms with Crippen molar-refractivity contribution in [2.75, 3.05) is 18.4 Å². The summed E-state index contributed by atoms with van der Waals surface area (Å²) in [5.41, 5.74) is 3.68. The zero-order chi connectivity index (χ0) is 20.3. The van der Waals surface area contributed by atoms with Crippen LogP contribution in [-0.2, 0) is 20.6 Å². The van der Waals surface area contributed by atoms with Crippen LogP contribution in [0.2, 0.25) is 0 Å². The van der Waals surface area contributed by atoms with E-state index >= 15 is 0 Å². The van der Waals surface area contributed by atoms with Crippen LogP contribution in [0.3, 0.4) is 0 Å². The quantitative estimate of drug-likeness (QED) is 0.718. The van der Waals surface area contributed by atoms with E-state index in [0.29, 0.717) is 25.9 Å². The third-order valence-corrected chi connectivity index (χ3v) is 7.59. The minimum atomic E-state index is -3.38. The number of amides is 1. The molecule has 1 fully saturated rings. The first-order chi connectivity index (χ1) is 13.3. The number of piperidine rings is 1. The fraction of sp³-hybridized carbons (Fsp3) is 0.381. The Hall–Kier alpha value is -1.70. The lowest BCUT2D eigenvalue weighted by molar-refractivity contribution is -0.120. The van der Waals surface area contributed by atoms with E-state index in [-0.39, 0.29) is 17.6 Å². The molecule has 0 unspecified atom stereocenters. The van der Waals surface area contributed by atoms with E-state index < -0.39 is 10.0 Å². The maximum Gasteiger partial charge on any atom is 0.227 e. The Morgan fingerprint density at radius 3 is 2.21 bits per heavy atom. The molecular weight excluding hydrogens is 440 g/mol. The molecule has 1 aliphatic rings. The molecule has 0 aromatic heterocycles. The summed E-state index contributed by atoms with van der Waals surface area (Å²) in [6.45, 7) is 4.70. The molecular formula is C21H25BrN2O3S. The number of nitrogens with zero attached hydrogens (tertiary/aromatic N) is 1. The van der Waals surface area contributed by atoms with E-state index in [9.17, 15) is 13.2 Å². The normalized spacial score (nSPS) is 16.1. The van der Waals surface area contributed by atoms with E-state index in [1.54, 1.807) is 0 Å². The molecule has 1 aliphatic heterocycles. The Morgan fingerprint density at radius 2 is 1.64 bits per heavy atom. The first-order valence-corrected chi connectivity index (χ1v) is 11.8. The van der Waals surface area contributed by atoms with Crippen molar-refractivity contribution < 1.29 is 13.2 Å². The molecule has 7 heteroatoms. The van der Waals surface area contributed by atoms with Gasteiger partial charge in [-0.25, -0.2) is 12.7 Å². The summed E-state index contributed by atoms with van der Waals surface area (Å²) in [5.74, 6) is -0.208. The van der Waals surface area contributed by atoms with Crippen molar-refractivity contribution in [3.8, 4) is 0 Å². The van der Waals surface area contributed by atoms with Gasteiger partial charge in [0.1, 0.15) is 0 Å². The lowest BCUT2D eigenvalue weighted by Gasteiger charge is -2.30. The minimum absolute atomic E-state index is 0.0143. The summed E-state index contributed by atoms with van der Waals surface area (Å²) in [5, 5.41) is 3.04. The topological polar surface area (TPSA) is 66.5 Å². The molecule has 0 saturated carbocycles. The summed E-state index contributed by atoms with van der Waals surface area (Å²) < 4.78 is 27.9. The lowest BCUT2D eigenvalue weighted by atomic mass is 9.96. The minimum Gasteiger partial charge on any atom is -0.325 e. The van der Waals surface area contributed by atoms with Gasteiger partial charge in [-0.2, -0.15) is 0 Å². The number of para-hydroxylation sites is 1. The number of sulfonamides is 1. The van der Waals surface area contributed by atoms with Crippen LogP contribution < -0.4 is 5.32 Å². The second kappa shape index (κ2) is 8.76. The van der Waals surface area contributed by atoms with Crippen molar-refractivity contribution >= 4 is 37.5 Å². The molecule has 2 aromatic rings. The highest BCUT2D eigenvalue weighted by molar-refractivity contribution is 9.10. The number of carbonyl (C=O) groups is 1. The third-order valence-electron chi connectivity index (χ3n) is 5.21. The summed E-state index contributed by atoms with van der Waals surface area (Å²) in [7, 11) is -3.38. The van der Waals surface area contributed by atoms with Crippen molar-refractivity contribution in [1.82, 2.24) is 4.31 Å². The van der Waals surface area contributed by atoms with Gasteiger partial charge in [-0.1, -0.05) is 46.3 Å². The Bertz CT molecular complexity index is 930.